The van der Waals surface area contributed by atoms with Gasteiger partial charge in [0, 0.05) is 6.42 Å². The summed E-state index contributed by atoms with van der Waals surface area (Å²) in [4.78, 5) is 15.4. The zero-order valence-electron chi connectivity index (χ0n) is 22.7. The van der Waals surface area contributed by atoms with E-state index in [2.05, 4.69) is 44.7 Å². The lowest BCUT2D eigenvalue weighted by Gasteiger charge is -2.35. The molecule has 0 spiro atoms. The minimum atomic E-state index is -0.290. The van der Waals surface area contributed by atoms with Gasteiger partial charge in [0.1, 0.15) is 17.1 Å². The number of hydrogen-bond acceptors (Lipinski definition) is 4. The zero-order valence-corrected chi connectivity index (χ0v) is 22.7. The molecule has 1 atom stereocenters. The molecule has 1 unspecified atom stereocenters. The van der Waals surface area contributed by atoms with Gasteiger partial charge in [-0.2, -0.15) is 0 Å². The highest BCUT2D eigenvalue weighted by atomic mass is 16.5. The van der Waals surface area contributed by atoms with Gasteiger partial charge in [-0.15, -0.1) is 0 Å². The number of aryl methyl sites for hydroxylation is 1. The Bertz CT molecular complexity index is 910. The number of unbranched alkanes of at least 4 members (excludes halogenated alkanes) is 2. The van der Waals surface area contributed by atoms with E-state index in [-0.39, 0.29) is 11.6 Å². The molecule has 1 aromatic rings. The molecule has 194 valence electrons. The fourth-order valence-electron chi connectivity index (χ4n) is 6.19. The first kappa shape index (κ1) is 26.3. The van der Waals surface area contributed by atoms with Crippen LogP contribution in [-0.2, 0) is 11.2 Å². The van der Waals surface area contributed by atoms with Crippen LogP contribution in [0.25, 0.3) is 5.57 Å². The molecule has 1 aromatic carbocycles. The molecule has 3 aliphatic rings. The summed E-state index contributed by atoms with van der Waals surface area (Å²) >= 11 is 0. The molecule has 4 rings (SSSR count). The number of carbonyl (C=O) groups excluding carboxylic acids is 1. The third-order valence-electron chi connectivity index (χ3n) is 8.24. The van der Waals surface area contributed by atoms with Crippen LogP contribution in [0.5, 0.6) is 11.5 Å². The molecule has 35 heavy (non-hydrogen) atoms. The van der Waals surface area contributed by atoms with Crippen LogP contribution in [0.1, 0.15) is 116 Å². The fourth-order valence-corrected chi connectivity index (χ4v) is 6.19. The first-order valence-electron chi connectivity index (χ1n) is 14.4. The average Bonchev–Trinajstić information content (AvgIpc) is 3.50. The van der Waals surface area contributed by atoms with Gasteiger partial charge in [0.15, 0.2) is 0 Å². The molecule has 0 amide bonds. The van der Waals surface area contributed by atoms with Crippen LogP contribution in [0.4, 0.5) is 0 Å². The van der Waals surface area contributed by atoms with Gasteiger partial charge >= 0.3 is 5.97 Å². The maximum Gasteiger partial charge on any atom is 0.311 e. The number of carbonyl (C=O) groups is 1. The lowest BCUT2D eigenvalue weighted by Crippen LogP contribution is -2.33. The minimum Gasteiger partial charge on any atom is -0.483 e. The Morgan fingerprint density at radius 2 is 1.89 bits per heavy atom. The van der Waals surface area contributed by atoms with Gasteiger partial charge in [-0.05, 0) is 120 Å². The van der Waals surface area contributed by atoms with E-state index >= 15 is 0 Å². The third kappa shape index (κ3) is 6.70. The van der Waals surface area contributed by atoms with E-state index in [0.717, 1.165) is 62.1 Å². The number of nitrogens with zero attached hydrogens (tertiary/aromatic N) is 1. The number of rotatable bonds is 12. The summed E-state index contributed by atoms with van der Waals surface area (Å²) in [5.41, 5.74) is 4.72. The van der Waals surface area contributed by atoms with E-state index in [1.807, 2.05) is 0 Å². The number of ether oxygens (including phenoxy) is 2. The highest BCUT2D eigenvalue weighted by Crippen LogP contribution is 2.52. The van der Waals surface area contributed by atoms with Crippen molar-refractivity contribution in [1.29, 1.82) is 0 Å². The van der Waals surface area contributed by atoms with Crippen LogP contribution >= 0.6 is 0 Å². The van der Waals surface area contributed by atoms with Crippen LogP contribution in [0, 0.1) is 5.92 Å². The van der Waals surface area contributed by atoms with Gasteiger partial charge < -0.3 is 14.4 Å². The average molecular weight is 482 g/mol. The monoisotopic (exact) mass is 481 g/mol. The van der Waals surface area contributed by atoms with Crippen LogP contribution in [0.3, 0.4) is 0 Å². The van der Waals surface area contributed by atoms with Crippen molar-refractivity contribution in [3.63, 3.8) is 0 Å². The molecule has 0 bridgehead atoms. The summed E-state index contributed by atoms with van der Waals surface area (Å²) in [5, 5.41) is 0. The topological polar surface area (TPSA) is 38.8 Å². The van der Waals surface area contributed by atoms with Crippen LogP contribution < -0.4 is 9.47 Å². The summed E-state index contributed by atoms with van der Waals surface area (Å²) in [7, 11) is 0. The minimum absolute atomic E-state index is 0.110. The van der Waals surface area contributed by atoms with Gasteiger partial charge in [-0.3, -0.25) is 4.79 Å². The second kappa shape index (κ2) is 12.0. The smallest absolute Gasteiger partial charge is 0.311 e. The Kier molecular flexibility index (Phi) is 8.97. The van der Waals surface area contributed by atoms with Crippen LogP contribution in [0.15, 0.2) is 17.7 Å². The zero-order chi connectivity index (χ0) is 24.8. The number of allylic oxidation sites excluding steroid dienone is 1. The van der Waals surface area contributed by atoms with Crippen molar-refractivity contribution in [2.75, 3.05) is 19.6 Å². The maximum atomic E-state index is 12.9. The molecule has 1 fully saturated rings. The number of hydrogen-bond donors (Lipinski definition) is 0. The van der Waals surface area contributed by atoms with E-state index in [9.17, 15) is 4.79 Å². The molecule has 1 saturated heterocycles. The molecule has 0 radical (unpaired) electrons. The summed E-state index contributed by atoms with van der Waals surface area (Å²) in [5.74, 6) is 2.23. The Morgan fingerprint density at radius 1 is 1.09 bits per heavy atom. The molecule has 4 heteroatoms. The van der Waals surface area contributed by atoms with Crippen molar-refractivity contribution in [3.05, 3.63) is 28.8 Å². The Balaban J connectivity index is 1.49. The molecular formula is C31H47NO3. The van der Waals surface area contributed by atoms with Crippen molar-refractivity contribution in [3.8, 4) is 11.5 Å². The van der Waals surface area contributed by atoms with Crippen molar-refractivity contribution in [2.45, 2.75) is 117 Å². The summed E-state index contributed by atoms with van der Waals surface area (Å²) in [6, 6.07) is 4.36. The highest BCUT2D eigenvalue weighted by Gasteiger charge is 2.39. The van der Waals surface area contributed by atoms with Gasteiger partial charge in [0.2, 0.25) is 0 Å². The highest BCUT2D eigenvalue weighted by molar-refractivity contribution is 5.84. The molecule has 4 nitrogen and oxygen atoms in total. The molecule has 0 aromatic heterocycles. The van der Waals surface area contributed by atoms with E-state index in [1.165, 1.54) is 68.3 Å². The standard InChI is InChI=1S/C31H47NO3/c1-5-6-7-12-23(2)16-17-24-21-27(34-29(33)15-11-20-32-18-8-9-19-32)30-25-13-10-14-26(25)31(3,4)35-28(30)22-24/h21-23H,5-20H2,1-4H3. The van der Waals surface area contributed by atoms with E-state index in [1.54, 1.807) is 0 Å². The number of benzene rings is 1. The molecule has 2 aliphatic heterocycles. The van der Waals surface area contributed by atoms with Crippen LogP contribution in [-0.4, -0.2) is 36.1 Å². The first-order valence-corrected chi connectivity index (χ1v) is 14.4. The summed E-state index contributed by atoms with van der Waals surface area (Å²) in [6.07, 6.45) is 14.5. The van der Waals surface area contributed by atoms with Gasteiger partial charge in [0.05, 0.1) is 5.56 Å². The number of fused-ring (bicyclic) bond motifs is 2. The third-order valence-corrected chi connectivity index (χ3v) is 8.24. The molecular weight excluding hydrogens is 434 g/mol. The summed E-state index contributed by atoms with van der Waals surface area (Å²) < 4.78 is 12.7. The van der Waals surface area contributed by atoms with Crippen molar-refractivity contribution in [2.24, 2.45) is 5.92 Å². The molecule has 0 N–H and O–H groups in total. The number of likely N-dealkylation sites (tertiary alicyclic amines) is 1. The van der Waals surface area contributed by atoms with E-state index < -0.39 is 0 Å². The van der Waals surface area contributed by atoms with Crippen molar-refractivity contribution in [1.82, 2.24) is 4.90 Å². The predicted molar refractivity (Wildman–Crippen MR) is 144 cm³/mol. The lowest BCUT2D eigenvalue weighted by molar-refractivity contribution is -0.134. The number of esters is 1. The first-order chi connectivity index (χ1) is 16.9. The normalized spacial score (nSPS) is 19.9. The van der Waals surface area contributed by atoms with E-state index in [4.69, 9.17) is 9.47 Å². The summed E-state index contributed by atoms with van der Waals surface area (Å²) in [6.45, 7) is 12.3. The largest absolute Gasteiger partial charge is 0.483 e. The Hall–Kier alpha value is -1.81. The second-order valence-electron chi connectivity index (χ2n) is 11.7. The van der Waals surface area contributed by atoms with Gasteiger partial charge in [0.25, 0.3) is 0 Å². The Morgan fingerprint density at radius 3 is 2.66 bits per heavy atom. The second-order valence-corrected chi connectivity index (χ2v) is 11.7. The van der Waals surface area contributed by atoms with Gasteiger partial charge in [-0.25, -0.2) is 0 Å². The van der Waals surface area contributed by atoms with Crippen molar-refractivity contribution < 1.29 is 14.3 Å². The predicted octanol–water partition coefficient (Wildman–Crippen LogP) is 7.73. The van der Waals surface area contributed by atoms with Crippen LogP contribution in [0.2, 0.25) is 0 Å². The van der Waals surface area contributed by atoms with Crippen molar-refractivity contribution >= 4 is 11.5 Å². The lowest BCUT2D eigenvalue weighted by atomic mass is 9.86. The maximum absolute atomic E-state index is 12.9. The molecule has 1 aliphatic carbocycles. The Labute approximate surface area is 213 Å². The molecule has 0 saturated carbocycles. The quantitative estimate of drug-likeness (QED) is 0.174. The SMILES string of the molecule is CCCCCC(C)CCc1cc(OC(=O)CCCN2CCCC2)c2c(c1)OC(C)(C)C1=C2CCC1. The van der Waals surface area contributed by atoms with E-state index in [0.29, 0.717) is 12.3 Å². The fraction of sp³-hybridized carbons (Fsp3) is 0.710. The molecule has 2 heterocycles. The van der Waals surface area contributed by atoms with Gasteiger partial charge in [-0.1, -0.05) is 39.5 Å².